The van der Waals surface area contributed by atoms with E-state index in [-0.39, 0.29) is 26.2 Å². The predicted molar refractivity (Wildman–Crippen MR) is 103 cm³/mol. The SMILES string of the molecule is Cc1cc[c-]cc1.Cc1cc[c-]cc1.[C-]1=CC=CC1.[C-]1=CC=CC1.[Zr+4]. The molecule has 2 aromatic rings. The van der Waals surface area contributed by atoms with Crippen molar-refractivity contribution in [3.63, 3.8) is 0 Å². The summed E-state index contributed by atoms with van der Waals surface area (Å²) < 4.78 is 0. The molecule has 0 fully saturated rings. The Balaban J connectivity index is 0.000000307. The van der Waals surface area contributed by atoms with Crippen molar-refractivity contribution in [3.05, 3.63) is 120 Å². The van der Waals surface area contributed by atoms with Crippen molar-refractivity contribution in [2.75, 3.05) is 0 Å². The molecule has 0 N–H and O–H groups in total. The smallest absolute Gasteiger partial charge is 0.273 e. The number of benzene rings is 2. The van der Waals surface area contributed by atoms with Gasteiger partial charge in [0.2, 0.25) is 0 Å². The largest absolute Gasteiger partial charge is 4.00 e. The molecule has 25 heavy (non-hydrogen) atoms. The Morgan fingerprint density at radius 2 is 1.00 bits per heavy atom. The van der Waals surface area contributed by atoms with E-state index in [1.807, 2.05) is 72.8 Å². The van der Waals surface area contributed by atoms with Crippen molar-refractivity contribution >= 4 is 0 Å². The van der Waals surface area contributed by atoms with Crippen LogP contribution in [0.4, 0.5) is 0 Å². The van der Waals surface area contributed by atoms with Gasteiger partial charge >= 0.3 is 26.2 Å². The molecule has 0 heterocycles. The average molecular weight is 404 g/mol. The number of allylic oxidation sites excluding steroid dienone is 8. The van der Waals surface area contributed by atoms with E-state index in [1.54, 1.807) is 0 Å². The standard InChI is InChI=1S/2C7H7.2C5H5.Zr/c2*1-7-5-3-2-4-6-7;2*1-2-4-5-3-1;/h2*3-6H,1H3;2*1-3H,4H2;/q4*-1;+4. The zero-order valence-electron chi connectivity index (χ0n) is 15.0. The van der Waals surface area contributed by atoms with Gasteiger partial charge in [0.15, 0.2) is 0 Å². The molecule has 0 spiro atoms. The molecule has 0 unspecified atom stereocenters. The van der Waals surface area contributed by atoms with Crippen LogP contribution < -0.4 is 0 Å². The normalized spacial score (nSPS) is 11.9. The van der Waals surface area contributed by atoms with Crippen LogP contribution in [0.2, 0.25) is 0 Å². The molecular weight excluding hydrogens is 379 g/mol. The maximum atomic E-state index is 2.99. The number of hydrogen-bond donors (Lipinski definition) is 0. The van der Waals surface area contributed by atoms with Gasteiger partial charge in [-0.15, -0.1) is 12.8 Å². The van der Waals surface area contributed by atoms with Crippen molar-refractivity contribution in [1.82, 2.24) is 0 Å². The summed E-state index contributed by atoms with van der Waals surface area (Å²) in [5.74, 6) is 0. The first-order valence-electron chi connectivity index (χ1n) is 8.08. The molecule has 1 heteroatoms. The van der Waals surface area contributed by atoms with E-state index in [9.17, 15) is 0 Å². The van der Waals surface area contributed by atoms with Gasteiger partial charge in [0.25, 0.3) is 0 Å². The maximum Gasteiger partial charge on any atom is 4.00 e. The molecule has 0 aliphatic heterocycles. The fourth-order valence-electron chi connectivity index (χ4n) is 1.62. The molecule has 124 valence electrons. The van der Waals surface area contributed by atoms with E-state index >= 15 is 0 Å². The number of aryl methyl sites for hydroxylation is 2. The maximum absolute atomic E-state index is 2.99. The topological polar surface area (TPSA) is 0 Å². The van der Waals surface area contributed by atoms with Crippen LogP contribution in [-0.2, 0) is 26.2 Å². The molecule has 2 aromatic carbocycles. The molecule has 0 atom stereocenters. The Kier molecular flexibility index (Phi) is 15.9. The summed E-state index contributed by atoms with van der Waals surface area (Å²) in [5.41, 5.74) is 2.58. The third-order valence-corrected chi connectivity index (χ3v) is 2.94. The third kappa shape index (κ3) is 15.5. The van der Waals surface area contributed by atoms with Gasteiger partial charge in [-0.05, 0) is 0 Å². The summed E-state index contributed by atoms with van der Waals surface area (Å²) in [4.78, 5) is 0. The Hall–Kier alpha value is -1.72. The summed E-state index contributed by atoms with van der Waals surface area (Å²) >= 11 is 0. The zero-order chi connectivity index (χ0) is 17.3. The van der Waals surface area contributed by atoms with Gasteiger partial charge in [-0.3, -0.25) is 12.2 Å². The van der Waals surface area contributed by atoms with Crippen LogP contribution in [0.3, 0.4) is 0 Å². The fraction of sp³-hybridized carbons (Fsp3) is 0.167. The Bertz CT molecular complexity index is 555. The Labute approximate surface area is 172 Å². The fourth-order valence-corrected chi connectivity index (χ4v) is 1.62. The van der Waals surface area contributed by atoms with Crippen LogP contribution in [0, 0.1) is 38.1 Å². The van der Waals surface area contributed by atoms with Crippen molar-refractivity contribution in [3.8, 4) is 0 Å². The first-order valence-corrected chi connectivity index (χ1v) is 8.08. The number of hydrogen-bond acceptors (Lipinski definition) is 0. The van der Waals surface area contributed by atoms with Crippen molar-refractivity contribution in [1.29, 1.82) is 0 Å². The molecule has 0 aromatic heterocycles. The van der Waals surface area contributed by atoms with Gasteiger partial charge in [0.05, 0.1) is 0 Å². The van der Waals surface area contributed by atoms with Crippen LogP contribution in [0.1, 0.15) is 24.0 Å². The van der Waals surface area contributed by atoms with Crippen molar-refractivity contribution in [2.24, 2.45) is 0 Å². The molecule has 2 aliphatic rings. The van der Waals surface area contributed by atoms with Crippen molar-refractivity contribution < 1.29 is 26.2 Å². The molecule has 0 nitrogen and oxygen atoms in total. The van der Waals surface area contributed by atoms with E-state index < -0.39 is 0 Å². The molecule has 0 saturated carbocycles. The average Bonchev–Trinajstić information content (AvgIpc) is 3.36. The van der Waals surface area contributed by atoms with Gasteiger partial charge in [0, 0.05) is 0 Å². The summed E-state index contributed by atoms with van der Waals surface area (Å²) in [6.07, 6.45) is 20.0. The monoisotopic (exact) mass is 402 g/mol. The zero-order valence-corrected chi connectivity index (χ0v) is 17.5. The summed E-state index contributed by atoms with van der Waals surface area (Å²) in [6, 6.07) is 21.6. The molecule has 2 aliphatic carbocycles. The van der Waals surface area contributed by atoms with Crippen LogP contribution in [-0.4, -0.2) is 0 Å². The third-order valence-electron chi connectivity index (χ3n) is 2.94. The van der Waals surface area contributed by atoms with Gasteiger partial charge in [-0.25, -0.2) is 24.3 Å². The first kappa shape index (κ1) is 23.3. The minimum Gasteiger partial charge on any atom is -0.273 e. The molecule has 0 bridgehead atoms. The second kappa shape index (κ2) is 17.1. The molecule has 0 saturated heterocycles. The Morgan fingerprint density at radius 1 is 0.640 bits per heavy atom. The minimum atomic E-state index is 0. The van der Waals surface area contributed by atoms with E-state index in [0.717, 1.165) is 12.8 Å². The summed E-state index contributed by atoms with van der Waals surface area (Å²) in [7, 11) is 0. The molecule has 4 rings (SSSR count). The van der Waals surface area contributed by atoms with Gasteiger partial charge < -0.3 is 0 Å². The quantitative estimate of drug-likeness (QED) is 0.459. The van der Waals surface area contributed by atoms with Crippen LogP contribution in [0.15, 0.2) is 85.0 Å². The van der Waals surface area contributed by atoms with E-state index in [2.05, 4.69) is 50.3 Å². The number of rotatable bonds is 0. The Morgan fingerprint density at radius 3 is 1.12 bits per heavy atom. The van der Waals surface area contributed by atoms with Gasteiger partial charge in [0.1, 0.15) is 0 Å². The van der Waals surface area contributed by atoms with Crippen LogP contribution in [0.25, 0.3) is 0 Å². The van der Waals surface area contributed by atoms with Gasteiger partial charge in [-0.1, -0.05) is 13.8 Å². The summed E-state index contributed by atoms with van der Waals surface area (Å²) in [5, 5.41) is 0. The molecule has 0 radical (unpaired) electrons. The predicted octanol–water partition coefficient (Wildman–Crippen LogP) is 6.20. The van der Waals surface area contributed by atoms with Crippen LogP contribution in [0.5, 0.6) is 0 Å². The van der Waals surface area contributed by atoms with Crippen LogP contribution >= 0.6 is 0 Å². The van der Waals surface area contributed by atoms with Gasteiger partial charge in [-0.2, -0.15) is 83.9 Å². The second-order valence-corrected chi connectivity index (χ2v) is 5.16. The molecule has 0 amide bonds. The van der Waals surface area contributed by atoms with E-state index in [1.165, 1.54) is 11.1 Å². The summed E-state index contributed by atoms with van der Waals surface area (Å²) in [6.45, 7) is 4.13. The first-order chi connectivity index (χ1) is 11.8. The van der Waals surface area contributed by atoms with Crippen molar-refractivity contribution in [2.45, 2.75) is 26.7 Å². The van der Waals surface area contributed by atoms with E-state index in [0.29, 0.717) is 0 Å². The molecular formula is C24H24Zr. The second-order valence-electron chi connectivity index (χ2n) is 5.16. The minimum absolute atomic E-state index is 0. The van der Waals surface area contributed by atoms with E-state index in [4.69, 9.17) is 0 Å².